The summed E-state index contributed by atoms with van der Waals surface area (Å²) in [7, 11) is 1.51. The molecule has 1 saturated heterocycles. The predicted octanol–water partition coefficient (Wildman–Crippen LogP) is 2.94. The van der Waals surface area contributed by atoms with E-state index in [4.69, 9.17) is 11.6 Å². The van der Waals surface area contributed by atoms with E-state index in [1.54, 1.807) is 24.3 Å². The maximum Gasteiger partial charge on any atom is 0.319 e. The van der Waals surface area contributed by atoms with Crippen molar-refractivity contribution in [3.8, 4) is 0 Å². The highest BCUT2D eigenvalue weighted by molar-refractivity contribution is 6.30. The molecule has 6 nitrogen and oxygen atoms in total. The number of rotatable bonds is 5. The molecule has 1 fully saturated rings. The van der Waals surface area contributed by atoms with E-state index in [0.717, 1.165) is 6.20 Å². The zero-order valence-corrected chi connectivity index (χ0v) is 14.7. The number of aromatic nitrogens is 2. The molecule has 2 heterocycles. The fraction of sp³-hybridized carbons (Fsp3) is 0.353. The number of nitrogens with zero attached hydrogens (tertiary/aromatic N) is 4. The summed E-state index contributed by atoms with van der Waals surface area (Å²) < 4.78 is 26.5. The second-order valence-corrected chi connectivity index (χ2v) is 6.54. The summed E-state index contributed by atoms with van der Waals surface area (Å²) in [6.45, 7) is -2.55. The van der Waals surface area contributed by atoms with Gasteiger partial charge in [-0.05, 0) is 18.2 Å². The van der Waals surface area contributed by atoms with Gasteiger partial charge in [-0.25, -0.2) is 4.98 Å². The third-order valence-electron chi connectivity index (χ3n) is 4.31. The Bertz CT molecular complexity index is 827. The molecule has 0 N–H and O–H groups in total. The van der Waals surface area contributed by atoms with Crippen LogP contribution in [0.1, 0.15) is 18.8 Å². The molecule has 0 aliphatic carbocycles. The first-order chi connectivity index (χ1) is 12.4. The van der Waals surface area contributed by atoms with E-state index in [1.165, 1.54) is 23.0 Å². The molecule has 0 bridgehead atoms. The summed E-state index contributed by atoms with van der Waals surface area (Å²) >= 11 is 5.96. The minimum atomic E-state index is -2.72. The Balaban J connectivity index is 1.68. The number of imidazole rings is 1. The van der Waals surface area contributed by atoms with Gasteiger partial charge >= 0.3 is 6.55 Å². The SMILES string of the molecule is CN(Cc1nccn1C(F)F)C(=O)C1CC(=O)N(c2cccc(Cl)c2)C1. The van der Waals surface area contributed by atoms with Crippen LogP contribution in [0.25, 0.3) is 0 Å². The largest absolute Gasteiger partial charge is 0.338 e. The van der Waals surface area contributed by atoms with Gasteiger partial charge < -0.3 is 9.80 Å². The normalized spacial score (nSPS) is 17.2. The van der Waals surface area contributed by atoms with Gasteiger partial charge in [0.25, 0.3) is 0 Å². The monoisotopic (exact) mass is 382 g/mol. The number of benzene rings is 1. The molecular weight excluding hydrogens is 366 g/mol. The average molecular weight is 383 g/mol. The minimum Gasteiger partial charge on any atom is -0.338 e. The van der Waals surface area contributed by atoms with E-state index in [0.29, 0.717) is 15.3 Å². The zero-order chi connectivity index (χ0) is 18.8. The highest BCUT2D eigenvalue weighted by atomic mass is 35.5. The molecule has 9 heteroatoms. The smallest absolute Gasteiger partial charge is 0.319 e. The summed E-state index contributed by atoms with van der Waals surface area (Å²) in [5.74, 6) is -0.909. The van der Waals surface area contributed by atoms with Crippen molar-refractivity contribution in [3.05, 3.63) is 47.5 Å². The summed E-state index contributed by atoms with van der Waals surface area (Å²) in [5.41, 5.74) is 0.633. The van der Waals surface area contributed by atoms with E-state index < -0.39 is 12.5 Å². The summed E-state index contributed by atoms with van der Waals surface area (Å²) in [6.07, 6.45) is 2.50. The van der Waals surface area contributed by atoms with Crippen molar-refractivity contribution in [1.82, 2.24) is 14.5 Å². The molecule has 1 aliphatic rings. The second kappa shape index (κ2) is 7.41. The first-order valence-corrected chi connectivity index (χ1v) is 8.35. The molecule has 1 aromatic carbocycles. The fourth-order valence-corrected chi connectivity index (χ4v) is 3.20. The van der Waals surface area contributed by atoms with Crippen molar-refractivity contribution >= 4 is 29.1 Å². The predicted molar refractivity (Wildman–Crippen MR) is 91.9 cm³/mol. The van der Waals surface area contributed by atoms with Crippen LogP contribution in [-0.2, 0) is 16.1 Å². The lowest BCUT2D eigenvalue weighted by Crippen LogP contribution is -2.35. The maximum absolute atomic E-state index is 12.9. The number of hydrogen-bond acceptors (Lipinski definition) is 3. The van der Waals surface area contributed by atoms with Crippen molar-refractivity contribution in [1.29, 1.82) is 0 Å². The van der Waals surface area contributed by atoms with E-state index in [9.17, 15) is 18.4 Å². The molecule has 0 radical (unpaired) electrons. The number of halogens is 3. The summed E-state index contributed by atoms with van der Waals surface area (Å²) in [5, 5.41) is 0.501. The average Bonchev–Trinajstić information content (AvgIpc) is 3.20. The van der Waals surface area contributed by atoms with Crippen LogP contribution in [0.15, 0.2) is 36.7 Å². The van der Waals surface area contributed by atoms with E-state index in [-0.39, 0.29) is 37.1 Å². The topological polar surface area (TPSA) is 58.4 Å². The molecule has 3 rings (SSSR count). The summed E-state index contributed by atoms with van der Waals surface area (Å²) in [4.78, 5) is 31.6. The molecule has 1 atom stereocenters. The lowest BCUT2D eigenvalue weighted by Gasteiger charge is -2.21. The lowest BCUT2D eigenvalue weighted by molar-refractivity contribution is -0.135. The summed E-state index contributed by atoms with van der Waals surface area (Å²) in [6, 6.07) is 6.85. The Kier molecular flexibility index (Phi) is 5.22. The molecule has 2 aromatic rings. The van der Waals surface area contributed by atoms with Crippen LogP contribution < -0.4 is 4.90 Å². The van der Waals surface area contributed by atoms with Crippen molar-refractivity contribution in [2.24, 2.45) is 5.92 Å². The Hall–Kier alpha value is -2.48. The van der Waals surface area contributed by atoms with Crippen LogP contribution in [0, 0.1) is 5.92 Å². The number of carbonyl (C=O) groups excluding carboxylic acids is 2. The Morgan fingerprint density at radius 1 is 1.46 bits per heavy atom. The van der Waals surface area contributed by atoms with Crippen LogP contribution >= 0.6 is 11.6 Å². The number of amides is 2. The van der Waals surface area contributed by atoms with Gasteiger partial charge in [0, 0.05) is 43.1 Å². The quantitative estimate of drug-likeness (QED) is 0.798. The van der Waals surface area contributed by atoms with E-state index in [2.05, 4.69) is 4.98 Å². The Morgan fingerprint density at radius 3 is 2.92 bits per heavy atom. The van der Waals surface area contributed by atoms with Crippen molar-refractivity contribution < 1.29 is 18.4 Å². The lowest BCUT2D eigenvalue weighted by atomic mass is 10.1. The van der Waals surface area contributed by atoms with Gasteiger partial charge in [-0.2, -0.15) is 8.78 Å². The molecule has 1 unspecified atom stereocenters. The fourth-order valence-electron chi connectivity index (χ4n) is 3.01. The standard InChI is InChI=1S/C17H17ClF2N4O2/c1-22(10-14-21-5-6-23(14)17(19)20)16(26)11-7-15(25)24(9-11)13-4-2-3-12(18)8-13/h2-6,8,11,17H,7,9-10H2,1H3. The second-order valence-electron chi connectivity index (χ2n) is 6.11. The van der Waals surface area contributed by atoms with Gasteiger partial charge in [-0.15, -0.1) is 0 Å². The molecule has 0 saturated carbocycles. The van der Waals surface area contributed by atoms with Crippen LogP contribution in [0.2, 0.25) is 5.02 Å². The van der Waals surface area contributed by atoms with Crippen LogP contribution in [0.4, 0.5) is 14.5 Å². The van der Waals surface area contributed by atoms with Gasteiger partial charge in [0.1, 0.15) is 5.82 Å². The van der Waals surface area contributed by atoms with Gasteiger partial charge in [0.15, 0.2) is 0 Å². The van der Waals surface area contributed by atoms with Crippen LogP contribution in [-0.4, -0.2) is 39.9 Å². The van der Waals surface area contributed by atoms with Gasteiger partial charge in [0.05, 0.1) is 12.5 Å². The number of hydrogen-bond donors (Lipinski definition) is 0. The third kappa shape index (κ3) is 3.70. The number of anilines is 1. The molecule has 1 aliphatic heterocycles. The molecule has 2 amide bonds. The third-order valence-corrected chi connectivity index (χ3v) is 4.54. The van der Waals surface area contributed by atoms with Crippen molar-refractivity contribution in [3.63, 3.8) is 0 Å². The first kappa shape index (κ1) is 18.3. The Morgan fingerprint density at radius 2 is 2.23 bits per heavy atom. The zero-order valence-electron chi connectivity index (χ0n) is 14.0. The molecule has 0 spiro atoms. The molecular formula is C17H17ClF2N4O2. The van der Waals surface area contributed by atoms with Crippen LogP contribution in [0.3, 0.4) is 0 Å². The molecule has 1 aromatic heterocycles. The maximum atomic E-state index is 12.9. The molecule has 138 valence electrons. The van der Waals surface area contributed by atoms with E-state index in [1.807, 2.05) is 0 Å². The minimum absolute atomic E-state index is 0.0575. The highest BCUT2D eigenvalue weighted by Gasteiger charge is 2.36. The van der Waals surface area contributed by atoms with Gasteiger partial charge in [-0.1, -0.05) is 17.7 Å². The van der Waals surface area contributed by atoms with Crippen LogP contribution in [0.5, 0.6) is 0 Å². The highest BCUT2D eigenvalue weighted by Crippen LogP contribution is 2.28. The number of alkyl halides is 2. The van der Waals surface area contributed by atoms with Gasteiger partial charge in [-0.3, -0.25) is 14.2 Å². The Labute approximate surface area is 154 Å². The number of carbonyl (C=O) groups is 2. The van der Waals surface area contributed by atoms with Crippen molar-refractivity contribution in [2.45, 2.75) is 19.5 Å². The first-order valence-electron chi connectivity index (χ1n) is 7.97. The van der Waals surface area contributed by atoms with E-state index >= 15 is 0 Å². The van der Waals surface area contributed by atoms with Crippen molar-refractivity contribution in [2.75, 3.05) is 18.5 Å². The molecule has 26 heavy (non-hydrogen) atoms. The van der Waals surface area contributed by atoms with Gasteiger partial charge in [0.2, 0.25) is 11.8 Å².